The molecule has 1 unspecified atom stereocenters. The van der Waals surface area contributed by atoms with Crippen LogP contribution in [0.25, 0.3) is 0 Å². The third-order valence-corrected chi connectivity index (χ3v) is 6.05. The molecule has 0 aliphatic carbocycles. The molecular formula is C12H27N3O2S. The van der Waals surface area contributed by atoms with E-state index in [-0.39, 0.29) is 10.8 Å². The van der Waals surface area contributed by atoms with Gasteiger partial charge in [0.05, 0.1) is 5.25 Å². The van der Waals surface area contributed by atoms with Crippen LogP contribution in [-0.4, -0.2) is 68.2 Å². The molecule has 18 heavy (non-hydrogen) atoms. The van der Waals surface area contributed by atoms with Gasteiger partial charge in [0, 0.05) is 31.7 Å². The molecule has 5 nitrogen and oxygen atoms in total. The minimum absolute atomic E-state index is 0.0940. The second kappa shape index (κ2) is 5.86. The topological polar surface area (TPSA) is 52.7 Å². The van der Waals surface area contributed by atoms with Crippen molar-refractivity contribution in [3.8, 4) is 0 Å². The van der Waals surface area contributed by atoms with E-state index in [1.165, 1.54) is 0 Å². The van der Waals surface area contributed by atoms with E-state index in [4.69, 9.17) is 0 Å². The van der Waals surface area contributed by atoms with Crippen molar-refractivity contribution < 1.29 is 8.42 Å². The molecule has 1 aliphatic heterocycles. The van der Waals surface area contributed by atoms with E-state index >= 15 is 0 Å². The summed E-state index contributed by atoms with van der Waals surface area (Å²) in [6.45, 7) is 11.2. The van der Waals surface area contributed by atoms with Crippen LogP contribution in [0.3, 0.4) is 0 Å². The van der Waals surface area contributed by atoms with Gasteiger partial charge in [-0.25, -0.2) is 8.42 Å². The lowest BCUT2D eigenvalue weighted by atomic mass is 10.0. The van der Waals surface area contributed by atoms with Gasteiger partial charge in [0.2, 0.25) is 10.0 Å². The van der Waals surface area contributed by atoms with E-state index < -0.39 is 10.0 Å². The van der Waals surface area contributed by atoms with E-state index in [9.17, 15) is 8.42 Å². The van der Waals surface area contributed by atoms with E-state index in [0.717, 1.165) is 13.1 Å². The Bertz CT molecular complexity index is 368. The van der Waals surface area contributed by atoms with E-state index in [2.05, 4.69) is 24.1 Å². The van der Waals surface area contributed by atoms with Gasteiger partial charge in [0.15, 0.2) is 0 Å². The van der Waals surface area contributed by atoms with E-state index in [1.54, 1.807) is 11.2 Å². The Morgan fingerprint density at radius 1 is 1.33 bits per heavy atom. The minimum atomic E-state index is -3.18. The molecule has 1 aliphatic rings. The summed E-state index contributed by atoms with van der Waals surface area (Å²) in [5.74, 6) is 0. The van der Waals surface area contributed by atoms with Crippen molar-refractivity contribution in [3.05, 3.63) is 0 Å². The number of likely N-dealkylation sites (N-methyl/N-ethyl adjacent to an activating group) is 1. The Kier molecular flexibility index (Phi) is 5.17. The van der Waals surface area contributed by atoms with Gasteiger partial charge in [-0.2, -0.15) is 4.31 Å². The molecule has 1 saturated heterocycles. The molecule has 108 valence electrons. The van der Waals surface area contributed by atoms with E-state index in [1.807, 2.05) is 14.0 Å². The Morgan fingerprint density at radius 3 is 2.44 bits per heavy atom. The van der Waals surface area contributed by atoms with Gasteiger partial charge in [-0.3, -0.25) is 4.90 Å². The number of nitrogens with one attached hydrogen (secondary N) is 1. The lowest BCUT2D eigenvalue weighted by Gasteiger charge is -2.45. The predicted octanol–water partition coefficient (Wildman–Crippen LogP) is 0.340. The van der Waals surface area contributed by atoms with Gasteiger partial charge in [-0.1, -0.05) is 6.92 Å². The lowest BCUT2D eigenvalue weighted by molar-refractivity contribution is 0.0797. The number of nitrogens with zero attached hydrogens (tertiary/aromatic N) is 2. The van der Waals surface area contributed by atoms with Gasteiger partial charge < -0.3 is 5.32 Å². The summed E-state index contributed by atoms with van der Waals surface area (Å²) < 4.78 is 26.6. The fraction of sp³-hybridized carbons (Fsp3) is 1.00. The first-order valence-corrected chi connectivity index (χ1v) is 8.13. The monoisotopic (exact) mass is 277 g/mol. The molecule has 6 heteroatoms. The summed E-state index contributed by atoms with van der Waals surface area (Å²) in [4.78, 5) is 2.22. The molecule has 0 aromatic rings. The molecule has 0 radical (unpaired) electrons. The van der Waals surface area contributed by atoms with Crippen LogP contribution in [0.15, 0.2) is 0 Å². The standard InChI is InChI=1S/C12H27N3O2S/c1-6-13-9-11(2)18(16,17)15-8-7-14(5)12(3,4)10-15/h11,13H,6-10H2,1-5H3. The van der Waals surface area contributed by atoms with Gasteiger partial charge in [-0.05, 0) is 34.4 Å². The number of rotatable bonds is 5. The highest BCUT2D eigenvalue weighted by atomic mass is 32.2. The molecule has 1 rings (SSSR count). The smallest absolute Gasteiger partial charge is 0.218 e. The molecule has 0 aromatic heterocycles. The highest BCUT2D eigenvalue weighted by Crippen LogP contribution is 2.22. The summed E-state index contributed by atoms with van der Waals surface area (Å²) in [6.07, 6.45) is 0. The quantitative estimate of drug-likeness (QED) is 0.787. The van der Waals surface area contributed by atoms with Crippen LogP contribution in [0.5, 0.6) is 0 Å². The molecule has 0 saturated carbocycles. The number of piperazine rings is 1. The minimum Gasteiger partial charge on any atom is -0.316 e. The first-order valence-electron chi connectivity index (χ1n) is 6.62. The van der Waals surface area contributed by atoms with Crippen molar-refractivity contribution in [1.82, 2.24) is 14.5 Å². The van der Waals surface area contributed by atoms with Crippen molar-refractivity contribution in [2.24, 2.45) is 0 Å². The summed E-state index contributed by atoms with van der Waals surface area (Å²) in [5.41, 5.74) is -0.0940. The van der Waals surface area contributed by atoms with Crippen molar-refractivity contribution in [3.63, 3.8) is 0 Å². The van der Waals surface area contributed by atoms with Crippen molar-refractivity contribution in [2.75, 3.05) is 39.8 Å². The maximum atomic E-state index is 12.5. The van der Waals surface area contributed by atoms with Crippen LogP contribution in [0.4, 0.5) is 0 Å². The van der Waals surface area contributed by atoms with Crippen molar-refractivity contribution in [1.29, 1.82) is 0 Å². The highest BCUT2D eigenvalue weighted by molar-refractivity contribution is 7.89. The van der Waals surface area contributed by atoms with Crippen LogP contribution >= 0.6 is 0 Å². The average Bonchev–Trinajstić information content (AvgIpc) is 2.29. The van der Waals surface area contributed by atoms with Gasteiger partial charge in [-0.15, -0.1) is 0 Å². The Labute approximate surface area is 112 Å². The number of hydrogen-bond acceptors (Lipinski definition) is 4. The molecule has 0 bridgehead atoms. The summed E-state index contributed by atoms with van der Waals surface area (Å²) in [7, 11) is -1.14. The van der Waals surface area contributed by atoms with Crippen molar-refractivity contribution >= 4 is 10.0 Å². The molecule has 0 spiro atoms. The zero-order chi connectivity index (χ0) is 14.0. The largest absolute Gasteiger partial charge is 0.316 e. The van der Waals surface area contributed by atoms with E-state index in [0.29, 0.717) is 19.6 Å². The molecular weight excluding hydrogens is 250 g/mol. The number of hydrogen-bond donors (Lipinski definition) is 1. The Hall–Kier alpha value is -0.170. The Morgan fingerprint density at radius 2 is 1.94 bits per heavy atom. The van der Waals surface area contributed by atoms with Crippen LogP contribution in [0.1, 0.15) is 27.7 Å². The van der Waals surface area contributed by atoms with Gasteiger partial charge in [0.1, 0.15) is 0 Å². The van der Waals surface area contributed by atoms with Gasteiger partial charge >= 0.3 is 0 Å². The van der Waals surface area contributed by atoms with Gasteiger partial charge in [0.25, 0.3) is 0 Å². The first-order chi connectivity index (χ1) is 8.21. The third kappa shape index (κ3) is 3.44. The summed E-state index contributed by atoms with van der Waals surface area (Å²) >= 11 is 0. The predicted molar refractivity (Wildman–Crippen MR) is 75.2 cm³/mol. The first kappa shape index (κ1) is 15.9. The molecule has 0 amide bonds. The average molecular weight is 277 g/mol. The summed E-state index contributed by atoms with van der Waals surface area (Å²) in [6, 6.07) is 0. The molecule has 1 fully saturated rings. The normalized spacial score (nSPS) is 24.1. The maximum Gasteiger partial charge on any atom is 0.218 e. The summed E-state index contributed by atoms with van der Waals surface area (Å²) in [5, 5.41) is 2.74. The SMILES string of the molecule is CCNCC(C)S(=O)(=O)N1CCN(C)C(C)(C)C1. The fourth-order valence-corrected chi connectivity index (χ4v) is 3.79. The lowest BCUT2D eigenvalue weighted by Crippen LogP contribution is -2.60. The second-order valence-corrected chi connectivity index (χ2v) is 8.08. The second-order valence-electron chi connectivity index (χ2n) is 5.73. The van der Waals surface area contributed by atoms with Crippen molar-refractivity contribution in [2.45, 2.75) is 38.5 Å². The van der Waals surface area contributed by atoms with Crippen LogP contribution in [-0.2, 0) is 10.0 Å². The van der Waals surface area contributed by atoms with Crippen LogP contribution in [0.2, 0.25) is 0 Å². The Balaban J connectivity index is 2.74. The zero-order valence-electron chi connectivity index (χ0n) is 12.2. The molecule has 1 N–H and O–H groups in total. The third-order valence-electron chi connectivity index (χ3n) is 3.83. The molecule has 1 atom stereocenters. The molecule has 0 aromatic carbocycles. The number of sulfonamides is 1. The molecule has 1 heterocycles. The zero-order valence-corrected chi connectivity index (χ0v) is 13.0. The van der Waals surface area contributed by atoms with Crippen LogP contribution < -0.4 is 5.32 Å². The fourth-order valence-electron chi connectivity index (χ4n) is 2.12. The maximum absolute atomic E-state index is 12.5. The van der Waals surface area contributed by atoms with Crippen LogP contribution in [0, 0.1) is 0 Å². The highest BCUT2D eigenvalue weighted by Gasteiger charge is 2.38.